The van der Waals surface area contributed by atoms with E-state index in [9.17, 15) is 4.79 Å². The molecule has 0 aliphatic carbocycles. The molecule has 2 rings (SSSR count). The van der Waals surface area contributed by atoms with Crippen LogP contribution in [0.1, 0.15) is 5.69 Å². The summed E-state index contributed by atoms with van der Waals surface area (Å²) < 4.78 is 0. The third-order valence-electron chi connectivity index (χ3n) is 3.16. The lowest BCUT2D eigenvalue weighted by molar-refractivity contribution is -0.130. The van der Waals surface area contributed by atoms with Crippen LogP contribution in [0.3, 0.4) is 0 Å². The first-order valence-electron chi connectivity index (χ1n) is 6.20. The number of carbonyl (C=O) groups excluding carboxylic acids is 1. The van der Waals surface area contributed by atoms with E-state index < -0.39 is 0 Å². The summed E-state index contributed by atoms with van der Waals surface area (Å²) in [6.45, 7) is 4.43. The number of piperazine rings is 1. The fourth-order valence-corrected chi connectivity index (χ4v) is 2.19. The lowest BCUT2D eigenvalue weighted by atomic mass is 10.1. The Morgan fingerprint density at radius 3 is 3.00 bits per heavy atom. The second-order valence-electron chi connectivity index (χ2n) is 4.84. The first-order valence-corrected chi connectivity index (χ1v) is 6.20. The summed E-state index contributed by atoms with van der Waals surface area (Å²) in [4.78, 5) is 20.0. The maximum atomic E-state index is 12.0. The Morgan fingerprint density at radius 1 is 1.56 bits per heavy atom. The molecule has 1 atom stereocenters. The number of carbonyl (C=O) groups is 1. The summed E-state index contributed by atoms with van der Waals surface area (Å²) >= 11 is 0. The number of aromatic nitrogens is 1. The predicted octanol–water partition coefficient (Wildman–Crippen LogP) is 0.256. The van der Waals surface area contributed by atoms with Crippen molar-refractivity contribution in [3.63, 3.8) is 0 Å². The summed E-state index contributed by atoms with van der Waals surface area (Å²) in [5.74, 6) is 0.130. The van der Waals surface area contributed by atoms with Crippen molar-refractivity contribution in [3.05, 3.63) is 24.0 Å². The second kappa shape index (κ2) is 5.35. The SMILES string of the molecule is Cc1cc(N2CCNC(C(=O)N(C)C)C2)ccn1. The lowest BCUT2D eigenvalue weighted by Gasteiger charge is -2.35. The lowest BCUT2D eigenvalue weighted by Crippen LogP contribution is -2.57. The van der Waals surface area contributed by atoms with Gasteiger partial charge < -0.3 is 15.1 Å². The van der Waals surface area contributed by atoms with Gasteiger partial charge in [-0.15, -0.1) is 0 Å². The van der Waals surface area contributed by atoms with Crippen LogP contribution in [0.2, 0.25) is 0 Å². The number of pyridine rings is 1. The average molecular weight is 248 g/mol. The quantitative estimate of drug-likeness (QED) is 0.815. The van der Waals surface area contributed by atoms with Gasteiger partial charge in [0.2, 0.25) is 5.91 Å². The second-order valence-corrected chi connectivity index (χ2v) is 4.84. The number of aryl methyl sites for hydroxylation is 1. The van der Waals surface area contributed by atoms with Gasteiger partial charge in [-0.05, 0) is 19.1 Å². The van der Waals surface area contributed by atoms with E-state index >= 15 is 0 Å². The zero-order chi connectivity index (χ0) is 13.1. The number of hydrogen-bond donors (Lipinski definition) is 1. The molecule has 0 aromatic carbocycles. The first-order chi connectivity index (χ1) is 8.58. The number of anilines is 1. The monoisotopic (exact) mass is 248 g/mol. The van der Waals surface area contributed by atoms with E-state index in [1.807, 2.05) is 19.2 Å². The Morgan fingerprint density at radius 2 is 2.33 bits per heavy atom. The van der Waals surface area contributed by atoms with Crippen LogP contribution in [0.15, 0.2) is 18.3 Å². The molecule has 1 aromatic heterocycles. The van der Waals surface area contributed by atoms with Crippen molar-refractivity contribution < 1.29 is 4.79 Å². The molecule has 5 nitrogen and oxygen atoms in total. The Bertz CT molecular complexity index is 433. The summed E-state index contributed by atoms with van der Waals surface area (Å²) in [5.41, 5.74) is 2.14. The zero-order valence-corrected chi connectivity index (χ0v) is 11.2. The molecular weight excluding hydrogens is 228 g/mol. The zero-order valence-electron chi connectivity index (χ0n) is 11.2. The Labute approximate surface area is 108 Å². The highest BCUT2D eigenvalue weighted by Crippen LogP contribution is 2.16. The number of likely N-dealkylation sites (N-methyl/N-ethyl adjacent to an activating group) is 1. The summed E-state index contributed by atoms with van der Waals surface area (Å²) in [7, 11) is 3.58. The van der Waals surface area contributed by atoms with Crippen molar-refractivity contribution >= 4 is 11.6 Å². The number of nitrogens with zero attached hydrogens (tertiary/aromatic N) is 3. The third-order valence-corrected chi connectivity index (χ3v) is 3.16. The first kappa shape index (κ1) is 12.8. The molecule has 0 spiro atoms. The van der Waals surface area contributed by atoms with Crippen LogP contribution < -0.4 is 10.2 Å². The standard InChI is InChI=1S/C13H20N4O/c1-10-8-11(4-5-14-10)17-7-6-15-12(9-17)13(18)16(2)3/h4-5,8,12,15H,6-7,9H2,1-3H3. The number of nitrogens with one attached hydrogen (secondary N) is 1. The molecule has 18 heavy (non-hydrogen) atoms. The van der Waals surface area contributed by atoms with Gasteiger partial charge in [0, 0.05) is 51.3 Å². The molecule has 0 radical (unpaired) electrons. The highest BCUT2D eigenvalue weighted by molar-refractivity contribution is 5.82. The average Bonchev–Trinajstić information content (AvgIpc) is 2.38. The summed E-state index contributed by atoms with van der Waals surface area (Å²) in [5, 5.41) is 3.27. The van der Waals surface area contributed by atoms with Gasteiger partial charge in [-0.2, -0.15) is 0 Å². The largest absolute Gasteiger partial charge is 0.368 e. The molecule has 1 saturated heterocycles. The number of hydrogen-bond acceptors (Lipinski definition) is 4. The van der Waals surface area contributed by atoms with Gasteiger partial charge in [-0.3, -0.25) is 9.78 Å². The molecule has 1 aliphatic heterocycles. The molecule has 1 aromatic rings. The van der Waals surface area contributed by atoms with Crippen LogP contribution in [0.4, 0.5) is 5.69 Å². The highest BCUT2D eigenvalue weighted by atomic mass is 16.2. The fourth-order valence-electron chi connectivity index (χ4n) is 2.19. The molecule has 1 amide bonds. The van der Waals surface area contributed by atoms with E-state index in [1.165, 1.54) is 0 Å². The smallest absolute Gasteiger partial charge is 0.241 e. The normalized spacial score (nSPS) is 19.7. The molecule has 5 heteroatoms. The molecule has 98 valence electrons. The molecular formula is C13H20N4O. The van der Waals surface area contributed by atoms with Gasteiger partial charge >= 0.3 is 0 Å². The van der Waals surface area contributed by atoms with Crippen LogP contribution in [0.25, 0.3) is 0 Å². The van der Waals surface area contributed by atoms with Crippen LogP contribution >= 0.6 is 0 Å². The summed E-state index contributed by atoms with van der Waals surface area (Å²) in [6.07, 6.45) is 1.81. The Kier molecular flexibility index (Phi) is 3.81. The van der Waals surface area contributed by atoms with E-state index in [-0.39, 0.29) is 11.9 Å². The van der Waals surface area contributed by atoms with Crippen LogP contribution in [-0.2, 0) is 4.79 Å². The molecule has 1 aliphatic rings. The summed E-state index contributed by atoms with van der Waals surface area (Å²) in [6, 6.07) is 3.93. The van der Waals surface area contributed by atoms with Gasteiger partial charge in [0.15, 0.2) is 0 Å². The van der Waals surface area contributed by atoms with E-state index in [2.05, 4.69) is 21.3 Å². The number of rotatable bonds is 2. The minimum Gasteiger partial charge on any atom is -0.368 e. The van der Waals surface area contributed by atoms with E-state index in [1.54, 1.807) is 19.0 Å². The van der Waals surface area contributed by atoms with Gasteiger partial charge in [0.05, 0.1) is 0 Å². The van der Waals surface area contributed by atoms with Gasteiger partial charge in [-0.25, -0.2) is 0 Å². The van der Waals surface area contributed by atoms with Crippen molar-refractivity contribution in [3.8, 4) is 0 Å². The topological polar surface area (TPSA) is 48.5 Å². The number of amides is 1. The minimum absolute atomic E-state index is 0.123. The van der Waals surface area contributed by atoms with Crippen molar-refractivity contribution in [1.82, 2.24) is 15.2 Å². The van der Waals surface area contributed by atoms with Crippen LogP contribution in [-0.4, -0.2) is 55.6 Å². The molecule has 2 heterocycles. The molecule has 1 fully saturated rings. The molecule has 0 saturated carbocycles. The van der Waals surface area contributed by atoms with E-state index in [4.69, 9.17) is 0 Å². The van der Waals surface area contributed by atoms with Crippen molar-refractivity contribution in [1.29, 1.82) is 0 Å². The molecule has 1 unspecified atom stereocenters. The third kappa shape index (κ3) is 2.79. The predicted molar refractivity (Wildman–Crippen MR) is 71.7 cm³/mol. The maximum absolute atomic E-state index is 12.0. The Balaban J connectivity index is 2.09. The minimum atomic E-state index is -0.123. The van der Waals surface area contributed by atoms with Gasteiger partial charge in [0.25, 0.3) is 0 Å². The van der Waals surface area contributed by atoms with Crippen LogP contribution in [0, 0.1) is 6.92 Å². The highest BCUT2D eigenvalue weighted by Gasteiger charge is 2.26. The van der Waals surface area contributed by atoms with E-state index in [0.717, 1.165) is 24.5 Å². The fraction of sp³-hybridized carbons (Fsp3) is 0.538. The maximum Gasteiger partial charge on any atom is 0.241 e. The Hall–Kier alpha value is -1.62. The van der Waals surface area contributed by atoms with Gasteiger partial charge in [-0.1, -0.05) is 0 Å². The molecule has 1 N–H and O–H groups in total. The van der Waals surface area contributed by atoms with Crippen molar-refractivity contribution in [2.75, 3.05) is 38.6 Å². The molecule has 0 bridgehead atoms. The van der Waals surface area contributed by atoms with E-state index in [0.29, 0.717) is 6.54 Å². The van der Waals surface area contributed by atoms with Crippen LogP contribution in [0.5, 0.6) is 0 Å². The van der Waals surface area contributed by atoms with Crippen molar-refractivity contribution in [2.45, 2.75) is 13.0 Å². The van der Waals surface area contributed by atoms with Crippen molar-refractivity contribution in [2.24, 2.45) is 0 Å². The van der Waals surface area contributed by atoms with Gasteiger partial charge in [0.1, 0.15) is 6.04 Å².